The number of carbonyl (C=O) groups excluding carboxylic acids is 2. The fourth-order valence-corrected chi connectivity index (χ4v) is 1.54. The van der Waals surface area contributed by atoms with E-state index in [9.17, 15) is 9.59 Å². The second-order valence-electron chi connectivity index (χ2n) is 4.68. The Hall–Kier alpha value is 0.599. The number of carbonyl (C=O) groups is 2. The topological polar surface area (TPSA) is 80.9 Å². The smallest absolute Gasteiger partial charge is 0.412 e. The van der Waals surface area contributed by atoms with Gasteiger partial charge in [0.1, 0.15) is 0 Å². The number of hydrogen-bond acceptors (Lipinski definition) is 2. The quantitative estimate of drug-likeness (QED) is 0.255. The normalized spacial score (nSPS) is 7.23. The van der Waals surface area contributed by atoms with Gasteiger partial charge in [0.05, 0.1) is 0 Å². The summed E-state index contributed by atoms with van der Waals surface area (Å²) in [6, 6.07) is 23.4. The molecule has 0 aliphatic heterocycles. The molecule has 0 bridgehead atoms. The Morgan fingerprint density at radius 3 is 1.61 bits per heavy atom. The number of rotatable bonds is 6. The van der Waals surface area contributed by atoms with Crippen LogP contribution in [0.3, 0.4) is 0 Å². The summed E-state index contributed by atoms with van der Waals surface area (Å²) >= 11 is 0. The maximum Gasteiger partial charge on any atom is 1.00 e. The second kappa shape index (κ2) is 30.6. The molecule has 0 atom stereocenters. The maximum absolute atomic E-state index is 11.3. The fourth-order valence-electron chi connectivity index (χ4n) is 1.54. The van der Waals surface area contributed by atoms with Crippen molar-refractivity contribution in [3.8, 4) is 0 Å². The molecule has 0 spiro atoms. The van der Waals surface area contributed by atoms with E-state index in [1.165, 1.54) is 29.5 Å². The average molecular weight is 732 g/mol. The van der Waals surface area contributed by atoms with Gasteiger partial charge in [-0.2, -0.15) is 30.3 Å². The molecule has 0 fully saturated rings. The molecule has 2 amide bonds. The van der Waals surface area contributed by atoms with Crippen LogP contribution in [0.4, 0.5) is 0 Å². The van der Waals surface area contributed by atoms with Crippen LogP contribution in [0.25, 0.3) is 0 Å². The Morgan fingerprint density at radius 1 is 0.871 bits per heavy atom. The standard InChI is InChI=1S/C12H12NO.C6H4.C5H7NO.H2O.2Rb.W/c1-3-12(14)13(4-2)10-11-8-6-5-7-9-11;1-2-4-6-5-3-1;1-3-5(7)6-4-2;;;;/h3-4,6-9H,1-2,10H2;1-2,5-6H;3-4H,1-2H2,(H,6,7);1H2;;;/q-1;-2;;;2*+1;. The van der Waals surface area contributed by atoms with Crippen LogP contribution in [-0.2, 0) is 37.2 Å². The van der Waals surface area contributed by atoms with Gasteiger partial charge in [0, 0.05) is 33.8 Å². The van der Waals surface area contributed by atoms with Crippen molar-refractivity contribution in [3.05, 3.63) is 123 Å². The minimum Gasteiger partial charge on any atom is -0.412 e. The first-order valence-corrected chi connectivity index (χ1v) is 7.95. The van der Waals surface area contributed by atoms with Gasteiger partial charge in [-0.25, -0.2) is 0 Å². The van der Waals surface area contributed by atoms with Crippen molar-refractivity contribution in [3.63, 3.8) is 0 Å². The van der Waals surface area contributed by atoms with Crippen molar-refractivity contribution < 1.29 is 153 Å². The third-order valence-electron chi connectivity index (χ3n) is 2.80. The van der Waals surface area contributed by atoms with Crippen molar-refractivity contribution in [2.75, 3.05) is 0 Å². The molecule has 8 heteroatoms. The van der Waals surface area contributed by atoms with Crippen LogP contribution in [0.1, 0.15) is 5.56 Å². The van der Waals surface area contributed by atoms with Gasteiger partial charge < -0.3 is 27.8 Å². The molecule has 0 aliphatic rings. The Bertz CT molecular complexity index is 703. The zero-order valence-corrected chi connectivity index (χ0v) is 30.9. The van der Waals surface area contributed by atoms with Crippen LogP contribution in [0.15, 0.2) is 99.4 Å². The molecule has 0 unspecified atom stereocenters. The van der Waals surface area contributed by atoms with Crippen LogP contribution >= 0.6 is 0 Å². The van der Waals surface area contributed by atoms with Gasteiger partial charge in [-0.3, -0.25) is 33.9 Å². The number of nitrogens with zero attached hydrogens (tertiary/aromatic N) is 1. The van der Waals surface area contributed by atoms with Crippen molar-refractivity contribution in [2.24, 2.45) is 0 Å². The monoisotopic (exact) mass is 731 g/mol. The summed E-state index contributed by atoms with van der Waals surface area (Å²) in [6.45, 7) is 14.0. The van der Waals surface area contributed by atoms with E-state index in [4.69, 9.17) is 0 Å². The molecular weight excluding hydrogens is 707 g/mol. The van der Waals surface area contributed by atoms with Crippen molar-refractivity contribution in [1.82, 2.24) is 10.2 Å². The molecule has 2 rings (SSSR count). The van der Waals surface area contributed by atoms with E-state index in [-0.39, 0.29) is 155 Å². The van der Waals surface area contributed by atoms with Crippen LogP contribution in [0, 0.1) is 18.2 Å². The van der Waals surface area contributed by atoms with E-state index in [2.05, 4.69) is 49.8 Å². The SMILES string of the molecule is C=CC(=O)N(C=C)Cc1cc[c-]cc1.C=CNC(=O)C=C.O.[Rb+].[Rb+].[W].[c-]1cc[c-]cc1. The summed E-state index contributed by atoms with van der Waals surface area (Å²) in [5, 5.41) is 2.30. The summed E-state index contributed by atoms with van der Waals surface area (Å²) in [4.78, 5) is 22.9. The van der Waals surface area contributed by atoms with Crippen molar-refractivity contribution in [1.29, 1.82) is 0 Å². The van der Waals surface area contributed by atoms with Gasteiger partial charge in [0.15, 0.2) is 0 Å². The summed E-state index contributed by atoms with van der Waals surface area (Å²) in [6.07, 6.45) is 5.27. The first kappa shape index (κ1) is 41.8. The third-order valence-corrected chi connectivity index (χ3v) is 2.80. The molecular formula is C23H25N2O3Rb2W-. The Morgan fingerprint density at radius 2 is 1.32 bits per heavy atom. The molecule has 2 aromatic carbocycles. The van der Waals surface area contributed by atoms with E-state index in [1.54, 1.807) is 0 Å². The zero-order valence-electron chi connectivity index (χ0n) is 18.1. The van der Waals surface area contributed by atoms with E-state index in [1.807, 2.05) is 48.5 Å². The third kappa shape index (κ3) is 25.1. The van der Waals surface area contributed by atoms with E-state index >= 15 is 0 Å². The van der Waals surface area contributed by atoms with Crippen molar-refractivity contribution >= 4 is 11.8 Å². The molecule has 0 saturated carbocycles. The Balaban J connectivity index is -0.000000114. The number of amides is 2. The molecule has 0 aliphatic carbocycles. The van der Waals surface area contributed by atoms with Crippen LogP contribution < -0.4 is 122 Å². The molecule has 0 aromatic heterocycles. The van der Waals surface area contributed by atoms with E-state index < -0.39 is 0 Å². The predicted molar refractivity (Wildman–Crippen MR) is 112 cm³/mol. The Kier molecular flexibility index (Phi) is 41.3. The largest absolute Gasteiger partial charge is 1.00 e. The molecule has 31 heavy (non-hydrogen) atoms. The molecule has 5 nitrogen and oxygen atoms in total. The summed E-state index contributed by atoms with van der Waals surface area (Å²) in [5.41, 5.74) is 1.04. The van der Waals surface area contributed by atoms with E-state index in [0.717, 1.165) is 5.56 Å². The first-order chi connectivity index (χ1) is 13.1. The molecule has 0 saturated heterocycles. The van der Waals surface area contributed by atoms with Crippen LogP contribution in [0.5, 0.6) is 0 Å². The minimum absolute atomic E-state index is 0. The summed E-state index contributed by atoms with van der Waals surface area (Å²) < 4.78 is 0. The van der Waals surface area contributed by atoms with Gasteiger partial charge in [-0.05, 0) is 18.4 Å². The van der Waals surface area contributed by atoms with Crippen molar-refractivity contribution in [2.45, 2.75) is 6.54 Å². The van der Waals surface area contributed by atoms with Gasteiger partial charge in [0.2, 0.25) is 11.8 Å². The van der Waals surface area contributed by atoms with E-state index in [0.29, 0.717) is 6.54 Å². The molecule has 0 radical (unpaired) electrons. The fraction of sp³-hybridized carbons (Fsp3) is 0.0435. The van der Waals surface area contributed by atoms with Gasteiger partial charge >= 0.3 is 116 Å². The van der Waals surface area contributed by atoms with Gasteiger partial charge in [-0.15, -0.1) is 5.56 Å². The minimum atomic E-state index is -0.227. The van der Waals surface area contributed by atoms with Crippen LogP contribution in [0.2, 0.25) is 0 Å². The molecule has 0 heterocycles. The number of nitrogens with one attached hydrogen (secondary N) is 1. The zero-order chi connectivity index (χ0) is 20.3. The number of benzene rings is 2. The maximum atomic E-state index is 11.3. The molecule has 3 N–H and O–H groups in total. The van der Waals surface area contributed by atoms with Gasteiger partial charge in [-0.1, -0.05) is 26.3 Å². The predicted octanol–water partition coefficient (Wildman–Crippen LogP) is -2.96. The summed E-state index contributed by atoms with van der Waals surface area (Å²) in [7, 11) is 0. The summed E-state index contributed by atoms with van der Waals surface area (Å²) in [5.74, 6) is -0.372. The number of hydrogen-bond donors (Lipinski definition) is 1. The first-order valence-electron chi connectivity index (χ1n) is 7.95. The molecule has 154 valence electrons. The average Bonchev–Trinajstić information content (AvgIpc) is 2.74. The van der Waals surface area contributed by atoms with Crippen LogP contribution in [-0.4, -0.2) is 22.2 Å². The second-order valence-corrected chi connectivity index (χ2v) is 4.68. The molecule has 2 aromatic rings. The Labute approximate surface area is 298 Å². The van der Waals surface area contributed by atoms with Gasteiger partial charge in [0.25, 0.3) is 0 Å².